The van der Waals surface area contributed by atoms with Gasteiger partial charge in [0.2, 0.25) is 0 Å². The smallest absolute Gasteiger partial charge is 0.343 e. The zero-order chi connectivity index (χ0) is 13.7. The quantitative estimate of drug-likeness (QED) is 0.600. The first-order chi connectivity index (χ1) is 9.24. The fourth-order valence-corrected chi connectivity index (χ4v) is 1.66. The summed E-state index contributed by atoms with van der Waals surface area (Å²) in [5.41, 5.74) is 2.26. The van der Waals surface area contributed by atoms with E-state index in [1.54, 1.807) is 30.4 Å². The molecule has 0 saturated heterocycles. The molecule has 0 aliphatic heterocycles. The van der Waals surface area contributed by atoms with Crippen molar-refractivity contribution < 1.29 is 9.53 Å². The molecule has 2 nitrogen and oxygen atoms in total. The third-order valence-electron chi connectivity index (χ3n) is 2.72. The summed E-state index contributed by atoms with van der Waals surface area (Å²) in [7, 11) is 0. The largest absolute Gasteiger partial charge is 0.422 e. The van der Waals surface area contributed by atoms with Crippen LogP contribution in [0.5, 0.6) is 5.75 Å². The van der Waals surface area contributed by atoms with E-state index in [-0.39, 0.29) is 5.97 Å². The molecule has 19 heavy (non-hydrogen) atoms. The van der Waals surface area contributed by atoms with Crippen molar-refractivity contribution in [1.82, 2.24) is 0 Å². The Balaban J connectivity index is 2.20. The molecule has 0 aromatic heterocycles. The highest BCUT2D eigenvalue weighted by Crippen LogP contribution is 2.20. The van der Waals surface area contributed by atoms with E-state index in [4.69, 9.17) is 4.74 Å². The third kappa shape index (κ3) is 2.99. The van der Waals surface area contributed by atoms with Gasteiger partial charge < -0.3 is 4.74 Å². The molecular weight excluding hydrogens is 236 g/mol. The van der Waals surface area contributed by atoms with Gasteiger partial charge in [-0.25, -0.2) is 4.79 Å². The minimum absolute atomic E-state index is 0.384. The van der Waals surface area contributed by atoms with Gasteiger partial charge in [0.1, 0.15) is 5.75 Å². The summed E-state index contributed by atoms with van der Waals surface area (Å²) in [4.78, 5) is 12.0. The Bertz CT molecular complexity index is 609. The topological polar surface area (TPSA) is 26.3 Å². The van der Waals surface area contributed by atoms with E-state index in [2.05, 4.69) is 13.2 Å². The van der Waals surface area contributed by atoms with Gasteiger partial charge in [-0.15, -0.1) is 0 Å². The maximum Gasteiger partial charge on any atom is 0.343 e. The van der Waals surface area contributed by atoms with Crippen LogP contribution in [0.15, 0.2) is 61.7 Å². The van der Waals surface area contributed by atoms with Gasteiger partial charge in [0, 0.05) is 5.56 Å². The molecule has 2 heteroatoms. The number of rotatable bonds is 4. The molecule has 2 rings (SSSR count). The summed E-state index contributed by atoms with van der Waals surface area (Å²) in [6.07, 6.45) is 3.38. The lowest BCUT2D eigenvalue weighted by atomic mass is 10.1. The number of hydrogen-bond donors (Lipinski definition) is 0. The van der Waals surface area contributed by atoms with E-state index in [0.29, 0.717) is 11.3 Å². The van der Waals surface area contributed by atoms with E-state index in [1.165, 1.54) is 0 Å². The lowest BCUT2D eigenvalue weighted by Crippen LogP contribution is -2.09. The van der Waals surface area contributed by atoms with Gasteiger partial charge in [-0.3, -0.25) is 0 Å². The fraction of sp³-hybridized carbons (Fsp3) is 0. The van der Waals surface area contributed by atoms with Crippen LogP contribution in [0.4, 0.5) is 0 Å². The van der Waals surface area contributed by atoms with Crippen LogP contribution in [-0.2, 0) is 0 Å². The summed E-state index contributed by atoms with van der Waals surface area (Å²) < 4.78 is 5.36. The summed E-state index contributed by atoms with van der Waals surface area (Å²) in [6.45, 7) is 7.36. The van der Waals surface area contributed by atoms with Crippen molar-refractivity contribution in [3.63, 3.8) is 0 Å². The summed E-state index contributed by atoms with van der Waals surface area (Å²) in [6, 6.07) is 14.4. The maximum atomic E-state index is 12.0. The van der Waals surface area contributed by atoms with E-state index in [0.717, 1.165) is 11.1 Å². The summed E-state index contributed by atoms with van der Waals surface area (Å²) >= 11 is 0. The van der Waals surface area contributed by atoms with Gasteiger partial charge in [-0.05, 0) is 23.8 Å². The lowest BCUT2D eigenvalue weighted by Gasteiger charge is -2.07. The van der Waals surface area contributed by atoms with E-state index in [9.17, 15) is 4.79 Å². The molecule has 0 spiro atoms. The predicted molar refractivity (Wildman–Crippen MR) is 78.0 cm³/mol. The molecule has 0 radical (unpaired) electrons. The van der Waals surface area contributed by atoms with E-state index in [1.807, 2.05) is 30.3 Å². The minimum Gasteiger partial charge on any atom is -0.422 e. The predicted octanol–water partition coefficient (Wildman–Crippen LogP) is 4.19. The number of benzene rings is 2. The normalized spacial score (nSPS) is 9.68. The Hall–Kier alpha value is -2.61. The highest BCUT2D eigenvalue weighted by atomic mass is 16.5. The van der Waals surface area contributed by atoms with Gasteiger partial charge in [-0.1, -0.05) is 55.6 Å². The molecule has 94 valence electrons. The molecule has 2 aromatic carbocycles. The van der Waals surface area contributed by atoms with Crippen LogP contribution in [-0.4, -0.2) is 5.97 Å². The van der Waals surface area contributed by atoms with Crippen molar-refractivity contribution >= 4 is 18.1 Å². The van der Waals surface area contributed by atoms with Gasteiger partial charge in [-0.2, -0.15) is 0 Å². The monoisotopic (exact) mass is 250 g/mol. The average Bonchev–Trinajstić information content (AvgIpc) is 2.48. The molecule has 2 aromatic rings. The maximum absolute atomic E-state index is 12.0. The standard InChI is InChI=1S/C17H14O2/c1-3-13-9-11-15(12-10-13)17(18)19-16-8-6-5-7-14(16)4-2/h3-12H,1-2H2. The van der Waals surface area contributed by atoms with Crippen molar-refractivity contribution in [2.45, 2.75) is 0 Å². The van der Waals surface area contributed by atoms with E-state index < -0.39 is 0 Å². The van der Waals surface area contributed by atoms with Crippen molar-refractivity contribution in [2.75, 3.05) is 0 Å². The molecule has 0 unspecified atom stereocenters. The average molecular weight is 250 g/mol. The minimum atomic E-state index is -0.384. The van der Waals surface area contributed by atoms with Gasteiger partial charge in [0.15, 0.2) is 0 Å². The van der Waals surface area contributed by atoms with Crippen LogP contribution >= 0.6 is 0 Å². The van der Waals surface area contributed by atoms with Crippen molar-refractivity contribution in [3.05, 3.63) is 78.4 Å². The first kappa shape index (κ1) is 12.8. The molecule has 0 aliphatic rings. The second-order valence-electron chi connectivity index (χ2n) is 3.96. The first-order valence-electron chi connectivity index (χ1n) is 5.90. The van der Waals surface area contributed by atoms with Crippen molar-refractivity contribution in [3.8, 4) is 5.75 Å². The molecule has 0 N–H and O–H groups in total. The molecule has 0 atom stereocenters. The SMILES string of the molecule is C=Cc1ccc(C(=O)Oc2ccccc2C=C)cc1. The van der Waals surface area contributed by atoms with E-state index >= 15 is 0 Å². The number of ether oxygens (including phenoxy) is 1. The van der Waals surface area contributed by atoms with Gasteiger partial charge in [0.25, 0.3) is 0 Å². The van der Waals surface area contributed by atoms with Crippen molar-refractivity contribution in [2.24, 2.45) is 0 Å². The molecule has 0 bridgehead atoms. The number of para-hydroxylation sites is 1. The van der Waals surface area contributed by atoms with Gasteiger partial charge in [0.05, 0.1) is 5.56 Å². The molecule has 0 saturated carbocycles. The highest BCUT2D eigenvalue weighted by Gasteiger charge is 2.09. The fourth-order valence-electron chi connectivity index (χ4n) is 1.66. The Morgan fingerprint density at radius 1 is 0.947 bits per heavy atom. The van der Waals surface area contributed by atoms with Crippen LogP contribution in [0.1, 0.15) is 21.5 Å². The highest BCUT2D eigenvalue weighted by molar-refractivity contribution is 5.91. The Morgan fingerprint density at radius 2 is 1.63 bits per heavy atom. The molecular formula is C17H14O2. The molecule has 0 aliphatic carbocycles. The van der Waals surface area contributed by atoms with Crippen LogP contribution in [0.25, 0.3) is 12.2 Å². The number of hydrogen-bond acceptors (Lipinski definition) is 2. The Labute approximate surface area is 112 Å². The van der Waals surface area contributed by atoms with Crippen molar-refractivity contribution in [1.29, 1.82) is 0 Å². The second-order valence-corrected chi connectivity index (χ2v) is 3.96. The van der Waals surface area contributed by atoms with Crippen LogP contribution < -0.4 is 4.74 Å². The lowest BCUT2D eigenvalue weighted by molar-refractivity contribution is 0.0734. The molecule has 0 fully saturated rings. The van der Waals surface area contributed by atoms with Crippen LogP contribution in [0, 0.1) is 0 Å². The second kappa shape index (κ2) is 5.83. The molecule has 0 amide bonds. The third-order valence-corrected chi connectivity index (χ3v) is 2.72. The zero-order valence-corrected chi connectivity index (χ0v) is 10.5. The Kier molecular flexibility index (Phi) is 3.94. The zero-order valence-electron chi connectivity index (χ0n) is 10.5. The Morgan fingerprint density at radius 3 is 2.26 bits per heavy atom. The van der Waals surface area contributed by atoms with Crippen LogP contribution in [0.3, 0.4) is 0 Å². The first-order valence-corrected chi connectivity index (χ1v) is 5.90. The van der Waals surface area contributed by atoms with Crippen LogP contribution in [0.2, 0.25) is 0 Å². The number of esters is 1. The summed E-state index contributed by atoms with van der Waals surface area (Å²) in [5.74, 6) is 0.125. The summed E-state index contributed by atoms with van der Waals surface area (Å²) in [5, 5.41) is 0. The van der Waals surface area contributed by atoms with Gasteiger partial charge >= 0.3 is 5.97 Å². The molecule has 0 heterocycles. The number of carbonyl (C=O) groups excluding carboxylic acids is 1. The number of carbonyl (C=O) groups is 1.